The molecule has 1 fully saturated rings. The molecule has 0 saturated carbocycles. The fourth-order valence-electron chi connectivity index (χ4n) is 4.28. The van der Waals surface area contributed by atoms with Gasteiger partial charge in [0.15, 0.2) is 6.61 Å². The molecule has 0 radical (unpaired) electrons. The van der Waals surface area contributed by atoms with Crippen molar-refractivity contribution in [2.75, 3.05) is 32.8 Å². The van der Waals surface area contributed by atoms with Crippen LogP contribution in [0.5, 0.6) is 0 Å². The van der Waals surface area contributed by atoms with Crippen LogP contribution in [-0.4, -0.2) is 64.4 Å². The SMILES string of the molecule is Cc1ccc(-c2nc3ccc(C(=O)OCC(=O)N4CCN(Cc5ccccc5)CC4)cc3[nH]2)cc1. The number of H-pyrrole nitrogens is 1. The average Bonchev–Trinajstić information content (AvgIpc) is 3.32. The standard InChI is InChI=1S/C28H28N4O3/c1-20-7-9-22(10-8-20)27-29-24-12-11-23(17-25(24)30-27)28(34)35-19-26(33)32-15-13-31(14-16-32)18-21-5-3-2-4-6-21/h2-12,17H,13-16,18-19H2,1H3,(H,29,30). The predicted molar refractivity (Wildman–Crippen MR) is 135 cm³/mol. The van der Waals surface area contributed by atoms with Gasteiger partial charge in [0.1, 0.15) is 5.82 Å². The lowest BCUT2D eigenvalue weighted by Crippen LogP contribution is -2.49. The van der Waals surface area contributed by atoms with Crippen LogP contribution in [0.25, 0.3) is 22.4 Å². The zero-order valence-corrected chi connectivity index (χ0v) is 19.7. The Labute approximate surface area is 204 Å². The summed E-state index contributed by atoms with van der Waals surface area (Å²) in [4.78, 5) is 37.2. The molecule has 5 rings (SSSR count). The van der Waals surface area contributed by atoms with Gasteiger partial charge in [0.2, 0.25) is 0 Å². The molecule has 1 amide bonds. The van der Waals surface area contributed by atoms with Crippen LogP contribution in [0.4, 0.5) is 0 Å². The fourth-order valence-corrected chi connectivity index (χ4v) is 4.28. The number of hydrogen-bond acceptors (Lipinski definition) is 5. The average molecular weight is 469 g/mol. The smallest absolute Gasteiger partial charge is 0.338 e. The van der Waals surface area contributed by atoms with E-state index in [2.05, 4.69) is 27.0 Å². The molecule has 0 aliphatic carbocycles. The first-order valence-corrected chi connectivity index (χ1v) is 11.8. The number of amides is 1. The lowest BCUT2D eigenvalue weighted by atomic mass is 10.1. The van der Waals surface area contributed by atoms with Gasteiger partial charge in [-0.05, 0) is 30.7 Å². The van der Waals surface area contributed by atoms with Gasteiger partial charge < -0.3 is 14.6 Å². The maximum atomic E-state index is 12.6. The van der Waals surface area contributed by atoms with E-state index in [1.807, 2.05) is 49.4 Å². The van der Waals surface area contributed by atoms with Crippen molar-refractivity contribution in [3.8, 4) is 11.4 Å². The number of nitrogens with one attached hydrogen (secondary N) is 1. The van der Waals surface area contributed by atoms with E-state index in [9.17, 15) is 9.59 Å². The topological polar surface area (TPSA) is 78.5 Å². The first-order valence-electron chi connectivity index (χ1n) is 11.8. The maximum Gasteiger partial charge on any atom is 0.338 e. The Kier molecular flexibility index (Phi) is 6.59. The largest absolute Gasteiger partial charge is 0.452 e. The van der Waals surface area contributed by atoms with E-state index in [0.717, 1.165) is 42.1 Å². The van der Waals surface area contributed by atoms with Crippen molar-refractivity contribution in [3.63, 3.8) is 0 Å². The summed E-state index contributed by atoms with van der Waals surface area (Å²) in [5.41, 5.74) is 5.32. The van der Waals surface area contributed by atoms with Gasteiger partial charge in [-0.2, -0.15) is 0 Å². The van der Waals surface area contributed by atoms with E-state index in [-0.39, 0.29) is 12.5 Å². The monoisotopic (exact) mass is 468 g/mol. The summed E-state index contributed by atoms with van der Waals surface area (Å²) in [5, 5.41) is 0. The highest BCUT2D eigenvalue weighted by atomic mass is 16.5. The Balaban J connectivity index is 1.14. The van der Waals surface area contributed by atoms with Gasteiger partial charge in [0, 0.05) is 38.3 Å². The molecule has 7 nitrogen and oxygen atoms in total. The third-order valence-corrected chi connectivity index (χ3v) is 6.34. The second-order valence-corrected chi connectivity index (χ2v) is 8.90. The lowest BCUT2D eigenvalue weighted by molar-refractivity contribution is -0.136. The molecule has 0 atom stereocenters. The highest BCUT2D eigenvalue weighted by Crippen LogP contribution is 2.22. The zero-order valence-electron chi connectivity index (χ0n) is 19.7. The second-order valence-electron chi connectivity index (χ2n) is 8.90. The van der Waals surface area contributed by atoms with Crippen LogP contribution in [0.2, 0.25) is 0 Å². The third kappa shape index (κ3) is 5.41. The number of nitrogens with zero attached hydrogens (tertiary/aromatic N) is 3. The molecule has 4 aromatic rings. The van der Waals surface area contributed by atoms with Gasteiger partial charge >= 0.3 is 5.97 Å². The minimum atomic E-state index is -0.519. The zero-order chi connectivity index (χ0) is 24.2. The van der Waals surface area contributed by atoms with Crippen molar-refractivity contribution in [1.82, 2.24) is 19.8 Å². The highest BCUT2D eigenvalue weighted by molar-refractivity contribution is 5.95. The molecule has 1 aliphatic rings. The van der Waals surface area contributed by atoms with Gasteiger partial charge in [-0.3, -0.25) is 9.69 Å². The van der Waals surface area contributed by atoms with Crippen LogP contribution in [0, 0.1) is 6.92 Å². The first-order chi connectivity index (χ1) is 17.0. The number of fused-ring (bicyclic) bond motifs is 1. The molecular formula is C28H28N4O3. The normalized spacial score (nSPS) is 14.3. The van der Waals surface area contributed by atoms with Gasteiger partial charge in [-0.15, -0.1) is 0 Å². The number of aromatic nitrogens is 2. The molecule has 0 unspecified atom stereocenters. The maximum absolute atomic E-state index is 12.6. The molecule has 0 bridgehead atoms. The van der Waals surface area contributed by atoms with Crippen molar-refractivity contribution in [2.24, 2.45) is 0 Å². The molecule has 35 heavy (non-hydrogen) atoms. The van der Waals surface area contributed by atoms with Crippen molar-refractivity contribution >= 4 is 22.9 Å². The van der Waals surface area contributed by atoms with E-state index in [4.69, 9.17) is 4.74 Å². The van der Waals surface area contributed by atoms with Crippen LogP contribution in [-0.2, 0) is 16.1 Å². The van der Waals surface area contributed by atoms with Crippen LogP contribution in [0.15, 0.2) is 72.8 Å². The summed E-state index contributed by atoms with van der Waals surface area (Å²) in [6.45, 7) is 5.52. The number of imidazole rings is 1. The minimum absolute atomic E-state index is 0.165. The van der Waals surface area contributed by atoms with Gasteiger partial charge in [0.25, 0.3) is 5.91 Å². The molecule has 3 aromatic carbocycles. The van der Waals surface area contributed by atoms with Crippen LogP contribution in [0.1, 0.15) is 21.5 Å². The lowest BCUT2D eigenvalue weighted by Gasteiger charge is -2.34. The number of aryl methyl sites for hydroxylation is 1. The summed E-state index contributed by atoms with van der Waals surface area (Å²) in [6, 6.07) is 23.6. The number of ether oxygens (including phenoxy) is 1. The predicted octanol–water partition coefficient (Wildman–Crippen LogP) is 4.04. The second kappa shape index (κ2) is 10.1. The molecule has 1 N–H and O–H groups in total. The number of benzene rings is 3. The van der Waals surface area contributed by atoms with E-state index in [0.29, 0.717) is 18.7 Å². The van der Waals surface area contributed by atoms with Crippen molar-refractivity contribution < 1.29 is 14.3 Å². The minimum Gasteiger partial charge on any atom is -0.452 e. The molecule has 1 saturated heterocycles. The van der Waals surface area contributed by atoms with Gasteiger partial charge in [0.05, 0.1) is 16.6 Å². The quantitative estimate of drug-likeness (QED) is 0.432. The molecule has 1 aliphatic heterocycles. The van der Waals surface area contributed by atoms with Crippen LogP contribution < -0.4 is 0 Å². The number of hydrogen-bond donors (Lipinski definition) is 1. The van der Waals surface area contributed by atoms with E-state index >= 15 is 0 Å². The molecule has 1 aromatic heterocycles. The number of carbonyl (C=O) groups excluding carboxylic acids is 2. The number of rotatable bonds is 6. The molecule has 2 heterocycles. The Morgan fingerprint density at radius 1 is 0.943 bits per heavy atom. The van der Waals surface area contributed by atoms with Crippen molar-refractivity contribution in [2.45, 2.75) is 13.5 Å². The summed E-state index contributed by atoms with van der Waals surface area (Å²) in [6.07, 6.45) is 0. The molecule has 0 spiro atoms. The molecular weight excluding hydrogens is 440 g/mol. The molecule has 178 valence electrons. The summed E-state index contributed by atoms with van der Waals surface area (Å²) in [7, 11) is 0. The van der Waals surface area contributed by atoms with Crippen molar-refractivity contribution in [3.05, 3.63) is 89.5 Å². The van der Waals surface area contributed by atoms with Gasteiger partial charge in [-0.1, -0.05) is 60.2 Å². The Morgan fingerprint density at radius 2 is 1.69 bits per heavy atom. The highest BCUT2D eigenvalue weighted by Gasteiger charge is 2.22. The number of esters is 1. The van der Waals surface area contributed by atoms with E-state index < -0.39 is 5.97 Å². The first kappa shape index (κ1) is 22.8. The Morgan fingerprint density at radius 3 is 2.43 bits per heavy atom. The number of carbonyl (C=O) groups is 2. The van der Waals surface area contributed by atoms with Crippen LogP contribution in [0.3, 0.4) is 0 Å². The summed E-state index contributed by atoms with van der Waals surface area (Å²) >= 11 is 0. The van der Waals surface area contributed by atoms with E-state index in [1.165, 1.54) is 11.1 Å². The summed E-state index contributed by atoms with van der Waals surface area (Å²) < 4.78 is 5.34. The van der Waals surface area contributed by atoms with Crippen molar-refractivity contribution in [1.29, 1.82) is 0 Å². The van der Waals surface area contributed by atoms with Gasteiger partial charge in [-0.25, -0.2) is 9.78 Å². The molecule has 7 heteroatoms. The fraction of sp³-hybridized carbons (Fsp3) is 0.250. The number of aromatic amines is 1. The summed E-state index contributed by atoms with van der Waals surface area (Å²) in [5.74, 6) is 0.0588. The Hall–Kier alpha value is -3.97. The Bertz CT molecular complexity index is 1320. The van der Waals surface area contributed by atoms with E-state index in [1.54, 1.807) is 23.1 Å². The third-order valence-electron chi connectivity index (χ3n) is 6.34. The number of piperazine rings is 1. The van der Waals surface area contributed by atoms with Crippen LogP contribution >= 0.6 is 0 Å².